The molecule has 132 valence electrons. The Morgan fingerprint density at radius 3 is 2.12 bits per heavy atom. The number of hydrogen-bond donors (Lipinski definition) is 5. The van der Waals surface area contributed by atoms with Gasteiger partial charge in [0.1, 0.15) is 6.04 Å². The quantitative estimate of drug-likeness (QED) is 0.179. The van der Waals surface area contributed by atoms with E-state index in [0.717, 1.165) is 5.56 Å². The maximum atomic E-state index is 10.7. The Bertz CT molecular complexity index is 570. The molecule has 8 N–H and O–H groups in total. The third-order valence-corrected chi connectivity index (χ3v) is 2.73. The van der Waals surface area contributed by atoms with Crippen molar-refractivity contribution in [2.24, 2.45) is 22.2 Å². The molecule has 1 atom stereocenters. The lowest BCUT2D eigenvalue weighted by Gasteiger charge is -2.03. The fourth-order valence-corrected chi connectivity index (χ4v) is 1.50. The third-order valence-electron chi connectivity index (χ3n) is 2.73. The lowest BCUT2D eigenvalue weighted by atomic mass is 10.1. The Kier molecular flexibility index (Phi) is 10.2. The molecule has 1 aromatic carbocycles. The molecule has 0 unspecified atom stereocenters. The van der Waals surface area contributed by atoms with Crippen molar-refractivity contribution in [3.05, 3.63) is 35.9 Å². The van der Waals surface area contributed by atoms with Crippen LogP contribution in [-0.2, 0) is 20.8 Å². The molecule has 0 aliphatic carbocycles. The van der Waals surface area contributed by atoms with E-state index in [1.54, 1.807) is 24.3 Å². The molecule has 9 nitrogen and oxygen atoms in total. The van der Waals surface area contributed by atoms with Crippen molar-refractivity contribution in [2.45, 2.75) is 25.3 Å². The van der Waals surface area contributed by atoms with E-state index in [1.165, 1.54) is 0 Å². The van der Waals surface area contributed by atoms with E-state index < -0.39 is 23.8 Å². The summed E-state index contributed by atoms with van der Waals surface area (Å²) in [6, 6.07) is 7.98. The first-order valence-corrected chi connectivity index (χ1v) is 7.07. The first kappa shape index (κ1) is 21.1. The second-order valence-corrected chi connectivity index (χ2v) is 4.78. The first-order valence-electron chi connectivity index (χ1n) is 7.07. The molecule has 0 bridgehead atoms. The third kappa shape index (κ3) is 10.7. The van der Waals surface area contributed by atoms with Crippen LogP contribution >= 0.6 is 0 Å². The number of hydrogen-bond acceptors (Lipinski definition) is 5. The SMILES string of the molecule is NC(N)=NCCC[C@H](N)C(=O)O.O=C(O)C(=O)Cc1ccccc1. The van der Waals surface area contributed by atoms with Gasteiger partial charge in [0.2, 0.25) is 5.78 Å². The number of carboxylic acid groups (broad SMARTS) is 2. The minimum absolute atomic E-state index is 0.0129. The van der Waals surface area contributed by atoms with Crippen LogP contribution < -0.4 is 17.2 Å². The number of nitrogens with two attached hydrogens (primary N) is 3. The number of nitrogens with zero attached hydrogens (tertiary/aromatic N) is 1. The van der Waals surface area contributed by atoms with E-state index >= 15 is 0 Å². The van der Waals surface area contributed by atoms with Crippen LogP contribution in [0.2, 0.25) is 0 Å². The lowest BCUT2D eigenvalue weighted by molar-refractivity contribution is -0.148. The minimum Gasteiger partial charge on any atom is -0.480 e. The van der Waals surface area contributed by atoms with Gasteiger partial charge in [0.15, 0.2) is 5.96 Å². The average Bonchev–Trinajstić information content (AvgIpc) is 2.52. The van der Waals surface area contributed by atoms with E-state index in [2.05, 4.69) is 4.99 Å². The molecule has 24 heavy (non-hydrogen) atoms. The molecule has 9 heteroatoms. The summed E-state index contributed by atoms with van der Waals surface area (Å²) in [4.78, 5) is 34.8. The number of carbonyl (C=O) groups excluding carboxylic acids is 1. The van der Waals surface area contributed by atoms with E-state index in [-0.39, 0.29) is 12.4 Å². The molecule has 0 fully saturated rings. The number of rotatable bonds is 8. The standard InChI is InChI=1S/C9H8O3.C6H14N4O2/c10-8(9(11)12)6-7-4-2-1-3-5-7;7-4(5(11)12)2-1-3-10-6(8)9/h1-5H,6H2,(H,11,12);4H,1-3,7H2,(H,11,12)(H4,8,9,10)/t;4-/m.0/s1. The van der Waals surface area contributed by atoms with Crippen molar-refractivity contribution in [3.8, 4) is 0 Å². The molecule has 0 radical (unpaired) electrons. The van der Waals surface area contributed by atoms with Crippen LogP contribution in [-0.4, -0.2) is 46.5 Å². The van der Waals surface area contributed by atoms with Crippen molar-refractivity contribution < 1.29 is 24.6 Å². The number of carbonyl (C=O) groups is 3. The Morgan fingerprint density at radius 2 is 1.67 bits per heavy atom. The second kappa shape index (κ2) is 11.6. The van der Waals surface area contributed by atoms with Gasteiger partial charge in [0.25, 0.3) is 0 Å². The smallest absolute Gasteiger partial charge is 0.372 e. The van der Waals surface area contributed by atoms with E-state index in [4.69, 9.17) is 27.4 Å². The summed E-state index contributed by atoms with van der Waals surface area (Å²) in [5.74, 6) is -3.14. The number of aliphatic carboxylic acids is 2. The van der Waals surface area contributed by atoms with E-state index in [1.807, 2.05) is 6.07 Å². The highest BCUT2D eigenvalue weighted by atomic mass is 16.4. The molecule has 0 aromatic heterocycles. The monoisotopic (exact) mass is 338 g/mol. The lowest BCUT2D eigenvalue weighted by Crippen LogP contribution is -2.30. The molecular weight excluding hydrogens is 316 g/mol. The predicted molar refractivity (Wildman–Crippen MR) is 88.3 cm³/mol. The van der Waals surface area contributed by atoms with Gasteiger partial charge >= 0.3 is 11.9 Å². The zero-order valence-electron chi connectivity index (χ0n) is 13.1. The van der Waals surface area contributed by atoms with Crippen molar-refractivity contribution in [3.63, 3.8) is 0 Å². The van der Waals surface area contributed by atoms with Gasteiger partial charge in [-0.3, -0.25) is 14.6 Å². The van der Waals surface area contributed by atoms with E-state index in [0.29, 0.717) is 19.4 Å². The van der Waals surface area contributed by atoms with Crippen LogP contribution in [0.5, 0.6) is 0 Å². The zero-order valence-corrected chi connectivity index (χ0v) is 13.1. The molecule has 0 amide bonds. The van der Waals surface area contributed by atoms with Gasteiger partial charge in [0.05, 0.1) is 0 Å². The largest absolute Gasteiger partial charge is 0.480 e. The number of ketones is 1. The van der Waals surface area contributed by atoms with Gasteiger partial charge in [-0.15, -0.1) is 0 Å². The molecule has 1 aromatic rings. The maximum absolute atomic E-state index is 10.7. The van der Waals surface area contributed by atoms with Gasteiger partial charge in [0, 0.05) is 13.0 Å². The van der Waals surface area contributed by atoms with Crippen molar-refractivity contribution in [1.29, 1.82) is 0 Å². The van der Waals surface area contributed by atoms with Gasteiger partial charge in [-0.1, -0.05) is 30.3 Å². The van der Waals surface area contributed by atoms with Crippen molar-refractivity contribution in [2.75, 3.05) is 6.54 Å². The summed E-state index contributed by atoms with van der Waals surface area (Å²) in [7, 11) is 0. The topological polar surface area (TPSA) is 182 Å². The normalized spacial score (nSPS) is 10.7. The fourth-order valence-electron chi connectivity index (χ4n) is 1.50. The highest BCUT2D eigenvalue weighted by molar-refractivity contribution is 6.33. The Balaban J connectivity index is 0.000000441. The Hall–Kier alpha value is -2.94. The van der Waals surface area contributed by atoms with Gasteiger partial charge in [-0.25, -0.2) is 4.79 Å². The zero-order chi connectivity index (χ0) is 18.5. The molecule has 0 heterocycles. The number of guanidine groups is 1. The van der Waals surface area contributed by atoms with Gasteiger partial charge in [-0.2, -0.15) is 0 Å². The van der Waals surface area contributed by atoms with E-state index in [9.17, 15) is 14.4 Å². The summed E-state index contributed by atoms with van der Waals surface area (Å²) >= 11 is 0. The van der Waals surface area contributed by atoms with Crippen LogP contribution in [0.4, 0.5) is 0 Å². The highest BCUT2D eigenvalue weighted by Crippen LogP contribution is 1.99. The first-order chi connectivity index (χ1) is 11.2. The Morgan fingerprint density at radius 1 is 1.08 bits per heavy atom. The number of aliphatic imine (C=N–C) groups is 1. The summed E-state index contributed by atoms with van der Waals surface area (Å²) in [6.07, 6.45) is 0.924. The number of Topliss-reactive ketones (excluding diaryl/α,β-unsaturated/α-hetero) is 1. The molecular formula is C15H22N4O5. The van der Waals surface area contributed by atoms with Crippen LogP contribution in [0.15, 0.2) is 35.3 Å². The summed E-state index contributed by atoms with van der Waals surface area (Å²) in [6.45, 7) is 0.420. The fraction of sp³-hybridized carbons (Fsp3) is 0.333. The molecule has 0 aliphatic rings. The van der Waals surface area contributed by atoms with Gasteiger partial charge in [-0.05, 0) is 18.4 Å². The molecule has 0 saturated heterocycles. The summed E-state index contributed by atoms with van der Waals surface area (Å²) in [5.41, 5.74) is 16.0. The number of benzene rings is 1. The summed E-state index contributed by atoms with van der Waals surface area (Å²) < 4.78 is 0. The highest BCUT2D eigenvalue weighted by Gasteiger charge is 2.11. The van der Waals surface area contributed by atoms with Gasteiger partial charge < -0.3 is 27.4 Å². The number of carboxylic acids is 2. The van der Waals surface area contributed by atoms with Crippen LogP contribution in [0, 0.1) is 0 Å². The molecule has 0 spiro atoms. The average molecular weight is 338 g/mol. The minimum atomic E-state index is -1.38. The molecule has 0 saturated carbocycles. The second-order valence-electron chi connectivity index (χ2n) is 4.78. The summed E-state index contributed by atoms with van der Waals surface area (Å²) in [5, 5.41) is 16.7. The predicted octanol–water partition coefficient (Wildman–Crippen LogP) is -0.665. The van der Waals surface area contributed by atoms with Crippen molar-refractivity contribution in [1.82, 2.24) is 0 Å². The molecule has 1 rings (SSSR count). The van der Waals surface area contributed by atoms with Crippen LogP contribution in [0.1, 0.15) is 18.4 Å². The van der Waals surface area contributed by atoms with Crippen LogP contribution in [0.3, 0.4) is 0 Å². The van der Waals surface area contributed by atoms with Crippen molar-refractivity contribution >= 4 is 23.7 Å². The molecule has 0 aliphatic heterocycles. The van der Waals surface area contributed by atoms with Crippen LogP contribution in [0.25, 0.3) is 0 Å². The Labute approximate surface area is 139 Å². The maximum Gasteiger partial charge on any atom is 0.372 e.